The third-order valence-electron chi connectivity index (χ3n) is 8.69. The molecule has 2 aromatic carbocycles. The Kier molecular flexibility index (Phi) is 6.77. The summed E-state index contributed by atoms with van der Waals surface area (Å²) >= 11 is 0. The average molecular weight is 532 g/mol. The van der Waals surface area contributed by atoms with Crippen molar-refractivity contribution < 1.29 is 23.8 Å². The number of halogens is 1. The van der Waals surface area contributed by atoms with E-state index < -0.39 is 11.4 Å². The number of ether oxygens (including phenoxy) is 2. The number of carboxylic acid groups (broad SMARTS) is 1. The Balaban J connectivity index is 1.28. The Morgan fingerprint density at radius 2 is 2.00 bits per heavy atom. The standard InChI is InChI=1S/C31H34FN3O4/c1-19-5-3-6-24(29(19)39-17-21-10-9-20-11-13-33-14-12-23(20)28(21)32)25-7-4-8-27(34-25)35-16-22-15-31(22,30(36)37)26(35)18-38-2/h3-10,22,26,33H,11-18H2,1-2H3,(H,36,37)/t22?,26-,31-/m1/s1. The van der Waals surface area contributed by atoms with Crippen LogP contribution in [0.15, 0.2) is 48.5 Å². The lowest BCUT2D eigenvalue weighted by molar-refractivity contribution is -0.144. The van der Waals surface area contributed by atoms with Crippen LogP contribution in [-0.2, 0) is 29.0 Å². The van der Waals surface area contributed by atoms with E-state index in [1.807, 2.05) is 55.5 Å². The zero-order chi connectivity index (χ0) is 27.1. The normalized spacial score (nSPS) is 23.6. The molecule has 8 heteroatoms. The molecule has 0 radical (unpaired) electrons. The number of benzene rings is 2. The predicted molar refractivity (Wildman–Crippen MR) is 147 cm³/mol. The van der Waals surface area contributed by atoms with Crippen molar-refractivity contribution in [2.45, 2.75) is 38.8 Å². The molecule has 0 bridgehead atoms. The lowest BCUT2D eigenvalue weighted by Gasteiger charge is -2.31. The minimum Gasteiger partial charge on any atom is -0.488 e. The van der Waals surface area contributed by atoms with Gasteiger partial charge in [0.05, 0.1) is 23.8 Å². The first-order chi connectivity index (χ1) is 18.9. The highest BCUT2D eigenvalue weighted by molar-refractivity contribution is 5.82. The van der Waals surface area contributed by atoms with Gasteiger partial charge < -0.3 is 24.8 Å². The highest BCUT2D eigenvalue weighted by Crippen LogP contribution is 2.62. The van der Waals surface area contributed by atoms with Crippen molar-refractivity contribution in [3.63, 3.8) is 0 Å². The molecule has 3 aromatic rings. The third-order valence-corrected chi connectivity index (χ3v) is 8.69. The minimum atomic E-state index is -0.765. The fourth-order valence-corrected chi connectivity index (χ4v) is 6.50. The summed E-state index contributed by atoms with van der Waals surface area (Å²) < 4.78 is 27.2. The van der Waals surface area contributed by atoms with E-state index in [1.165, 1.54) is 0 Å². The van der Waals surface area contributed by atoms with Gasteiger partial charge in [0.25, 0.3) is 0 Å². The first-order valence-electron chi connectivity index (χ1n) is 13.6. The molecule has 3 atom stereocenters. The molecule has 1 unspecified atom stereocenters. The van der Waals surface area contributed by atoms with Crippen LogP contribution in [0.3, 0.4) is 0 Å². The van der Waals surface area contributed by atoms with Crippen molar-refractivity contribution in [3.8, 4) is 17.0 Å². The molecule has 204 valence electrons. The van der Waals surface area contributed by atoms with Gasteiger partial charge in [-0.05, 0) is 80.1 Å². The van der Waals surface area contributed by atoms with Gasteiger partial charge in [0.15, 0.2) is 0 Å². The highest BCUT2D eigenvalue weighted by Gasteiger charge is 2.71. The van der Waals surface area contributed by atoms with E-state index in [-0.39, 0.29) is 24.4 Å². The summed E-state index contributed by atoms with van der Waals surface area (Å²) in [6, 6.07) is 15.3. The van der Waals surface area contributed by atoms with Gasteiger partial charge in [0.2, 0.25) is 0 Å². The van der Waals surface area contributed by atoms with Crippen LogP contribution in [0.1, 0.15) is 28.7 Å². The van der Waals surface area contributed by atoms with E-state index >= 15 is 4.39 Å². The maximum absolute atomic E-state index is 15.4. The number of nitrogens with zero attached hydrogens (tertiary/aromatic N) is 2. The molecule has 2 aliphatic heterocycles. The Bertz CT molecular complexity index is 1410. The molecule has 1 saturated carbocycles. The van der Waals surface area contributed by atoms with Crippen LogP contribution in [-0.4, -0.2) is 55.5 Å². The number of carbonyl (C=O) groups is 1. The lowest BCUT2D eigenvalue weighted by atomic mass is 9.97. The highest BCUT2D eigenvalue weighted by atomic mass is 19.1. The third kappa shape index (κ3) is 4.45. The second kappa shape index (κ2) is 10.2. The molecular formula is C31H34FN3O4. The van der Waals surface area contributed by atoms with Crippen LogP contribution >= 0.6 is 0 Å². The topological polar surface area (TPSA) is 83.9 Å². The van der Waals surface area contributed by atoms with Gasteiger partial charge in [-0.15, -0.1) is 0 Å². The quantitative estimate of drug-likeness (QED) is 0.446. The Morgan fingerprint density at radius 1 is 1.18 bits per heavy atom. The van der Waals surface area contributed by atoms with Crippen molar-refractivity contribution in [3.05, 3.63) is 76.6 Å². The predicted octanol–water partition coefficient (Wildman–Crippen LogP) is 4.39. The van der Waals surface area contributed by atoms with Crippen molar-refractivity contribution >= 4 is 11.8 Å². The molecule has 3 heterocycles. The summed E-state index contributed by atoms with van der Waals surface area (Å²) in [7, 11) is 1.60. The fourth-order valence-electron chi connectivity index (χ4n) is 6.50. The molecule has 0 spiro atoms. The van der Waals surface area contributed by atoms with E-state index in [4.69, 9.17) is 14.5 Å². The molecule has 3 aliphatic rings. The number of para-hydroxylation sites is 1. The summed E-state index contributed by atoms with van der Waals surface area (Å²) in [5.41, 5.74) is 4.11. The zero-order valence-corrected chi connectivity index (χ0v) is 22.4. The number of pyridine rings is 1. The van der Waals surface area contributed by atoms with Crippen LogP contribution < -0.4 is 15.0 Å². The van der Waals surface area contributed by atoms with E-state index in [0.717, 1.165) is 53.3 Å². The summed E-state index contributed by atoms with van der Waals surface area (Å²) in [5.74, 6) is 0.558. The largest absolute Gasteiger partial charge is 0.488 e. The van der Waals surface area contributed by atoms with Crippen molar-refractivity contribution in [2.75, 3.05) is 38.3 Å². The van der Waals surface area contributed by atoms with Crippen LogP contribution in [0.5, 0.6) is 5.75 Å². The number of fused-ring (bicyclic) bond motifs is 2. The summed E-state index contributed by atoms with van der Waals surface area (Å²) in [6.07, 6.45) is 2.18. The summed E-state index contributed by atoms with van der Waals surface area (Å²) in [4.78, 5) is 19.2. The molecule has 0 amide bonds. The maximum atomic E-state index is 15.4. The number of carboxylic acids is 1. The van der Waals surface area contributed by atoms with E-state index in [1.54, 1.807) is 7.11 Å². The second-order valence-electron chi connectivity index (χ2n) is 10.9. The Morgan fingerprint density at radius 3 is 2.82 bits per heavy atom. The first-order valence-corrected chi connectivity index (χ1v) is 13.6. The zero-order valence-electron chi connectivity index (χ0n) is 22.4. The van der Waals surface area contributed by atoms with Crippen LogP contribution in [0, 0.1) is 24.1 Å². The van der Waals surface area contributed by atoms with Gasteiger partial charge in [-0.25, -0.2) is 9.37 Å². The van der Waals surface area contributed by atoms with Crippen molar-refractivity contribution in [1.82, 2.24) is 10.3 Å². The van der Waals surface area contributed by atoms with Gasteiger partial charge >= 0.3 is 5.97 Å². The smallest absolute Gasteiger partial charge is 0.312 e. The van der Waals surface area contributed by atoms with E-state index in [0.29, 0.717) is 37.3 Å². The number of hydrogen-bond acceptors (Lipinski definition) is 6. The van der Waals surface area contributed by atoms with E-state index in [2.05, 4.69) is 10.2 Å². The minimum absolute atomic E-state index is 0.102. The number of aliphatic carboxylic acids is 1. The SMILES string of the molecule is COC[C@H]1N(c2cccc(-c3cccc(C)c3OCc3ccc4c(c3F)CCNCC4)n2)CC2C[C@@]21C(=O)O. The van der Waals surface area contributed by atoms with Crippen molar-refractivity contribution in [2.24, 2.45) is 11.3 Å². The lowest BCUT2D eigenvalue weighted by Crippen LogP contribution is -2.43. The molecule has 2 N–H and O–H groups in total. The molecule has 1 saturated heterocycles. The molecule has 2 fully saturated rings. The monoisotopic (exact) mass is 531 g/mol. The summed E-state index contributed by atoms with van der Waals surface area (Å²) in [6.45, 7) is 4.70. The number of piperidine rings is 1. The maximum Gasteiger partial charge on any atom is 0.312 e. The molecule has 6 rings (SSSR count). The number of hydrogen-bond donors (Lipinski definition) is 2. The van der Waals surface area contributed by atoms with E-state index in [9.17, 15) is 9.90 Å². The van der Waals surface area contributed by atoms with Gasteiger partial charge in [-0.3, -0.25) is 4.79 Å². The Labute approximate surface area is 228 Å². The second-order valence-corrected chi connectivity index (χ2v) is 10.9. The van der Waals surface area contributed by atoms with Crippen LogP contribution in [0.25, 0.3) is 11.3 Å². The molecule has 1 aliphatic carbocycles. The number of anilines is 1. The van der Waals surface area contributed by atoms with Gasteiger partial charge in [0.1, 0.15) is 24.0 Å². The number of nitrogens with one attached hydrogen (secondary N) is 1. The van der Waals surface area contributed by atoms with Gasteiger partial charge in [-0.1, -0.05) is 30.3 Å². The fraction of sp³-hybridized carbons (Fsp3) is 0.419. The molecular weight excluding hydrogens is 497 g/mol. The first kappa shape index (κ1) is 25.8. The number of aromatic nitrogens is 1. The molecule has 7 nitrogen and oxygen atoms in total. The Hall–Kier alpha value is -3.49. The van der Waals surface area contributed by atoms with Crippen molar-refractivity contribution in [1.29, 1.82) is 0 Å². The number of aryl methyl sites for hydroxylation is 1. The van der Waals surface area contributed by atoms with Crippen LogP contribution in [0.4, 0.5) is 10.2 Å². The molecule has 39 heavy (non-hydrogen) atoms. The number of rotatable bonds is 8. The van der Waals surface area contributed by atoms with Crippen LogP contribution in [0.2, 0.25) is 0 Å². The number of methoxy groups -OCH3 is 1. The average Bonchev–Trinajstić information content (AvgIpc) is 3.65. The summed E-state index contributed by atoms with van der Waals surface area (Å²) in [5, 5.41) is 13.3. The van der Waals surface area contributed by atoms with Gasteiger partial charge in [-0.2, -0.15) is 0 Å². The van der Waals surface area contributed by atoms with Gasteiger partial charge in [0, 0.05) is 24.8 Å². The molecule has 1 aromatic heterocycles.